The minimum Gasteiger partial charge on any atom is -0.504 e. The Labute approximate surface area is 72.1 Å². The van der Waals surface area contributed by atoms with E-state index < -0.39 is 0 Å². The van der Waals surface area contributed by atoms with Gasteiger partial charge in [-0.2, -0.15) is 0 Å². The Balaban J connectivity index is 3.28. The first-order valence-corrected chi connectivity index (χ1v) is 3.69. The highest BCUT2D eigenvalue weighted by Gasteiger charge is 2.04. The zero-order chi connectivity index (χ0) is 9.14. The summed E-state index contributed by atoms with van der Waals surface area (Å²) in [7, 11) is 1.53. The molecule has 0 saturated heterocycles. The monoisotopic (exact) mass is 164 g/mol. The second kappa shape index (κ2) is 3.30. The van der Waals surface area contributed by atoms with Crippen molar-refractivity contribution in [2.24, 2.45) is 0 Å². The number of hydrogen-bond donors (Lipinski definition) is 1. The molecule has 0 radical (unpaired) electrons. The van der Waals surface area contributed by atoms with E-state index in [9.17, 15) is 5.11 Å². The van der Waals surface area contributed by atoms with Gasteiger partial charge in [0.05, 0.1) is 7.11 Å². The molecule has 0 saturated carbocycles. The summed E-state index contributed by atoms with van der Waals surface area (Å²) in [6.07, 6.45) is 1.72. The SMILES string of the molecule is C=Cc1cc(C)c(O)c(OC)c1. The van der Waals surface area contributed by atoms with Crippen LogP contribution in [0.5, 0.6) is 11.5 Å². The molecule has 0 heterocycles. The van der Waals surface area contributed by atoms with Gasteiger partial charge < -0.3 is 9.84 Å². The van der Waals surface area contributed by atoms with Gasteiger partial charge in [-0.25, -0.2) is 0 Å². The number of phenolic OH excluding ortho intramolecular Hbond substituents is 1. The van der Waals surface area contributed by atoms with E-state index in [4.69, 9.17) is 4.74 Å². The number of hydrogen-bond acceptors (Lipinski definition) is 2. The second-order valence-corrected chi connectivity index (χ2v) is 2.59. The summed E-state index contributed by atoms with van der Waals surface area (Å²) in [5.41, 5.74) is 1.74. The fourth-order valence-electron chi connectivity index (χ4n) is 1.05. The van der Waals surface area contributed by atoms with Crippen LogP contribution in [-0.2, 0) is 0 Å². The molecule has 1 aromatic carbocycles. The molecule has 1 aromatic rings. The highest BCUT2D eigenvalue weighted by Crippen LogP contribution is 2.30. The fraction of sp³-hybridized carbons (Fsp3) is 0.200. The molecule has 0 amide bonds. The zero-order valence-electron chi connectivity index (χ0n) is 7.29. The normalized spacial score (nSPS) is 9.50. The average Bonchev–Trinajstić information content (AvgIpc) is 2.09. The Morgan fingerprint density at radius 1 is 1.50 bits per heavy atom. The summed E-state index contributed by atoms with van der Waals surface area (Å²) in [5.74, 6) is 0.688. The van der Waals surface area contributed by atoms with E-state index in [0.717, 1.165) is 11.1 Å². The molecule has 2 heteroatoms. The van der Waals surface area contributed by atoms with Crippen LogP contribution < -0.4 is 4.74 Å². The third-order valence-electron chi connectivity index (χ3n) is 1.74. The standard InChI is InChI=1S/C10H12O2/c1-4-8-5-7(2)10(11)9(6-8)12-3/h4-6,11H,1H2,2-3H3. The number of rotatable bonds is 2. The Bertz CT molecular complexity index is 303. The molecule has 0 fully saturated rings. The Hall–Kier alpha value is -1.44. The van der Waals surface area contributed by atoms with Crippen LogP contribution in [0.1, 0.15) is 11.1 Å². The van der Waals surface area contributed by atoms with E-state index in [-0.39, 0.29) is 5.75 Å². The maximum atomic E-state index is 9.46. The van der Waals surface area contributed by atoms with E-state index in [1.165, 1.54) is 7.11 Å². The minimum atomic E-state index is 0.197. The van der Waals surface area contributed by atoms with Crippen molar-refractivity contribution in [3.63, 3.8) is 0 Å². The van der Waals surface area contributed by atoms with Crippen LogP contribution in [0.3, 0.4) is 0 Å². The van der Waals surface area contributed by atoms with Gasteiger partial charge in [0.15, 0.2) is 11.5 Å². The summed E-state index contributed by atoms with van der Waals surface area (Å²) in [6.45, 7) is 5.46. The Morgan fingerprint density at radius 3 is 2.67 bits per heavy atom. The van der Waals surface area contributed by atoms with Crippen LogP contribution in [0.2, 0.25) is 0 Å². The molecule has 0 aliphatic carbocycles. The van der Waals surface area contributed by atoms with E-state index in [0.29, 0.717) is 5.75 Å². The summed E-state index contributed by atoms with van der Waals surface area (Å²) in [4.78, 5) is 0. The van der Waals surface area contributed by atoms with Crippen molar-refractivity contribution in [1.29, 1.82) is 0 Å². The first kappa shape index (κ1) is 8.65. The average molecular weight is 164 g/mol. The van der Waals surface area contributed by atoms with Gasteiger partial charge in [0.25, 0.3) is 0 Å². The summed E-state index contributed by atoms with van der Waals surface area (Å²) in [6, 6.07) is 3.60. The number of aryl methyl sites for hydroxylation is 1. The molecular weight excluding hydrogens is 152 g/mol. The number of benzene rings is 1. The lowest BCUT2D eigenvalue weighted by Gasteiger charge is -2.06. The van der Waals surface area contributed by atoms with Gasteiger partial charge in [0.2, 0.25) is 0 Å². The third kappa shape index (κ3) is 1.42. The lowest BCUT2D eigenvalue weighted by atomic mass is 10.1. The molecule has 0 aliphatic rings. The first-order valence-electron chi connectivity index (χ1n) is 3.69. The number of ether oxygens (including phenoxy) is 1. The lowest BCUT2D eigenvalue weighted by molar-refractivity contribution is 0.371. The van der Waals surface area contributed by atoms with Gasteiger partial charge in [-0.05, 0) is 30.2 Å². The van der Waals surface area contributed by atoms with Crippen LogP contribution >= 0.6 is 0 Å². The molecule has 0 bridgehead atoms. The minimum absolute atomic E-state index is 0.197. The van der Waals surface area contributed by atoms with Crippen molar-refractivity contribution >= 4 is 6.08 Å². The number of aromatic hydroxyl groups is 1. The van der Waals surface area contributed by atoms with Gasteiger partial charge in [-0.3, -0.25) is 0 Å². The molecule has 64 valence electrons. The highest BCUT2D eigenvalue weighted by atomic mass is 16.5. The van der Waals surface area contributed by atoms with Crippen molar-refractivity contribution in [1.82, 2.24) is 0 Å². The van der Waals surface area contributed by atoms with Gasteiger partial charge >= 0.3 is 0 Å². The van der Waals surface area contributed by atoms with E-state index in [1.807, 2.05) is 13.0 Å². The molecule has 12 heavy (non-hydrogen) atoms. The van der Waals surface area contributed by atoms with Crippen molar-refractivity contribution in [3.05, 3.63) is 29.8 Å². The Morgan fingerprint density at radius 2 is 2.17 bits per heavy atom. The molecule has 2 nitrogen and oxygen atoms in total. The molecule has 0 atom stereocenters. The largest absolute Gasteiger partial charge is 0.504 e. The van der Waals surface area contributed by atoms with E-state index in [1.54, 1.807) is 12.1 Å². The van der Waals surface area contributed by atoms with Crippen LogP contribution in [0.25, 0.3) is 6.08 Å². The van der Waals surface area contributed by atoms with Gasteiger partial charge in [-0.15, -0.1) is 0 Å². The van der Waals surface area contributed by atoms with Crippen molar-refractivity contribution in [2.45, 2.75) is 6.92 Å². The Kier molecular flexibility index (Phi) is 2.38. The van der Waals surface area contributed by atoms with Crippen LogP contribution in [0.4, 0.5) is 0 Å². The first-order chi connectivity index (χ1) is 5.69. The molecule has 0 unspecified atom stereocenters. The third-order valence-corrected chi connectivity index (χ3v) is 1.74. The maximum absolute atomic E-state index is 9.46. The predicted octanol–water partition coefficient (Wildman–Crippen LogP) is 2.35. The quantitative estimate of drug-likeness (QED) is 0.727. The topological polar surface area (TPSA) is 29.5 Å². The maximum Gasteiger partial charge on any atom is 0.161 e. The van der Waals surface area contributed by atoms with Crippen molar-refractivity contribution in [3.8, 4) is 11.5 Å². The molecule has 1 N–H and O–H groups in total. The highest BCUT2D eigenvalue weighted by molar-refractivity contribution is 5.57. The van der Waals surface area contributed by atoms with Crippen molar-refractivity contribution in [2.75, 3.05) is 7.11 Å². The zero-order valence-corrected chi connectivity index (χ0v) is 7.29. The molecule has 0 aromatic heterocycles. The molecule has 0 spiro atoms. The summed E-state index contributed by atoms with van der Waals surface area (Å²) < 4.78 is 4.97. The second-order valence-electron chi connectivity index (χ2n) is 2.59. The fourth-order valence-corrected chi connectivity index (χ4v) is 1.05. The van der Waals surface area contributed by atoms with Gasteiger partial charge in [0, 0.05) is 0 Å². The summed E-state index contributed by atoms with van der Waals surface area (Å²) in [5, 5.41) is 9.46. The number of phenols is 1. The summed E-state index contributed by atoms with van der Waals surface area (Å²) >= 11 is 0. The molecule has 1 rings (SSSR count). The van der Waals surface area contributed by atoms with Crippen molar-refractivity contribution < 1.29 is 9.84 Å². The predicted molar refractivity (Wildman–Crippen MR) is 49.5 cm³/mol. The lowest BCUT2D eigenvalue weighted by Crippen LogP contribution is -1.87. The van der Waals surface area contributed by atoms with Crippen LogP contribution in [0, 0.1) is 6.92 Å². The van der Waals surface area contributed by atoms with Crippen LogP contribution in [0.15, 0.2) is 18.7 Å². The van der Waals surface area contributed by atoms with Gasteiger partial charge in [0.1, 0.15) is 0 Å². The van der Waals surface area contributed by atoms with E-state index >= 15 is 0 Å². The van der Waals surface area contributed by atoms with Crippen LogP contribution in [-0.4, -0.2) is 12.2 Å². The van der Waals surface area contributed by atoms with E-state index in [2.05, 4.69) is 6.58 Å². The smallest absolute Gasteiger partial charge is 0.161 e. The molecular formula is C10H12O2. The number of methoxy groups -OCH3 is 1. The molecule has 0 aliphatic heterocycles. The van der Waals surface area contributed by atoms with Gasteiger partial charge in [-0.1, -0.05) is 12.7 Å².